The van der Waals surface area contributed by atoms with Crippen LogP contribution in [0.2, 0.25) is 0 Å². The number of aliphatic imine (C=N–C) groups is 1. The van der Waals surface area contributed by atoms with Gasteiger partial charge in [-0.2, -0.15) is 0 Å². The van der Waals surface area contributed by atoms with E-state index in [0.717, 1.165) is 52.3 Å². The molecule has 2 atom stereocenters. The fraction of sp³-hybridized carbons (Fsp3) is 0.393. The third-order valence-corrected chi connectivity index (χ3v) is 6.53. The van der Waals surface area contributed by atoms with Crippen LogP contribution in [-0.4, -0.2) is 54.8 Å². The van der Waals surface area contributed by atoms with Crippen molar-refractivity contribution in [2.75, 3.05) is 6.54 Å². The second-order valence-electron chi connectivity index (χ2n) is 10.6. The van der Waals surface area contributed by atoms with Crippen LogP contribution in [0.4, 0.5) is 4.79 Å². The van der Waals surface area contributed by atoms with Crippen LogP contribution in [-0.2, 0) is 4.74 Å². The Labute approximate surface area is 216 Å². The van der Waals surface area contributed by atoms with Gasteiger partial charge in [-0.1, -0.05) is 24.3 Å². The van der Waals surface area contributed by atoms with Gasteiger partial charge in [0.25, 0.3) is 0 Å². The van der Waals surface area contributed by atoms with Gasteiger partial charge in [-0.15, -0.1) is 0 Å². The molecule has 2 aromatic heterocycles. The number of nitrogens with zero attached hydrogens (tertiary/aromatic N) is 5. The first-order chi connectivity index (χ1) is 17.7. The quantitative estimate of drug-likeness (QED) is 0.501. The lowest BCUT2D eigenvalue weighted by Gasteiger charge is -2.28. The van der Waals surface area contributed by atoms with E-state index in [9.17, 15) is 4.79 Å². The molecule has 0 radical (unpaired) electrons. The monoisotopic (exact) mass is 499 g/mol. The minimum Gasteiger partial charge on any atom is -0.444 e. The molecule has 1 saturated heterocycles. The number of aromatic amines is 1. The number of imidazole rings is 1. The molecule has 0 saturated carbocycles. The predicted octanol–water partition coefficient (Wildman–Crippen LogP) is 5.14. The minimum absolute atomic E-state index is 0.0266. The van der Waals surface area contributed by atoms with Gasteiger partial charge < -0.3 is 15.5 Å². The summed E-state index contributed by atoms with van der Waals surface area (Å²) in [6, 6.07) is 7.86. The maximum atomic E-state index is 12.7. The van der Waals surface area contributed by atoms with Crippen molar-refractivity contribution in [3.05, 3.63) is 60.4 Å². The molecular formula is C28H33N7O2. The van der Waals surface area contributed by atoms with Gasteiger partial charge in [0.05, 0.1) is 24.0 Å². The molecule has 0 unspecified atom stereocenters. The molecular weight excluding hydrogens is 466 g/mol. The Balaban J connectivity index is 1.23. The number of carbonyl (C=O) groups excluding carboxylic acids is 1. The number of carbonyl (C=O) groups is 1. The molecule has 2 aliphatic rings. The first kappa shape index (κ1) is 24.8. The average Bonchev–Trinajstić information content (AvgIpc) is 3.64. The summed E-state index contributed by atoms with van der Waals surface area (Å²) in [7, 11) is 0. The number of hydrogen-bond donors (Lipinski definition) is 2. The summed E-state index contributed by atoms with van der Waals surface area (Å²) in [6.45, 7) is 8.25. The standard InChI is InChI=1S/C28H33N7O2/c1-17(29)25-33-16-23(34-25)18-7-9-19(10-8-18)26-31-14-21(15-32-26)20-12-22(30-13-20)24-6-5-11-35(24)27(36)37-28(2,3)4/h7-10,13-17,24H,5-6,11-12,29H2,1-4H3,(H,33,34)/t17-,24-/m0/s1. The fourth-order valence-corrected chi connectivity index (χ4v) is 4.64. The summed E-state index contributed by atoms with van der Waals surface area (Å²) in [4.78, 5) is 36.0. The number of aromatic nitrogens is 4. The number of hydrogen-bond acceptors (Lipinski definition) is 7. The van der Waals surface area contributed by atoms with Crippen LogP contribution in [0.25, 0.3) is 28.2 Å². The highest BCUT2D eigenvalue weighted by Gasteiger charge is 2.36. The van der Waals surface area contributed by atoms with Crippen molar-refractivity contribution in [2.24, 2.45) is 10.7 Å². The normalized spacial score (nSPS) is 18.5. The molecule has 3 aromatic rings. The van der Waals surface area contributed by atoms with Crippen molar-refractivity contribution in [3.8, 4) is 22.6 Å². The molecule has 9 heteroatoms. The largest absolute Gasteiger partial charge is 0.444 e. The van der Waals surface area contributed by atoms with Crippen molar-refractivity contribution >= 4 is 17.4 Å². The van der Waals surface area contributed by atoms with Crippen LogP contribution in [0.15, 0.2) is 54.0 Å². The number of allylic oxidation sites excluding steroid dienone is 1. The zero-order valence-corrected chi connectivity index (χ0v) is 21.7. The number of benzene rings is 1. The molecule has 9 nitrogen and oxygen atoms in total. The van der Waals surface area contributed by atoms with Crippen LogP contribution in [0, 0.1) is 0 Å². The van der Waals surface area contributed by atoms with E-state index in [1.165, 1.54) is 0 Å². The first-order valence-corrected chi connectivity index (χ1v) is 12.7. The van der Waals surface area contributed by atoms with E-state index in [-0.39, 0.29) is 18.2 Å². The first-order valence-electron chi connectivity index (χ1n) is 12.7. The van der Waals surface area contributed by atoms with E-state index >= 15 is 0 Å². The lowest BCUT2D eigenvalue weighted by Crippen LogP contribution is -2.43. The van der Waals surface area contributed by atoms with Gasteiger partial charge in [0.2, 0.25) is 0 Å². The van der Waals surface area contributed by atoms with E-state index in [1.54, 1.807) is 6.20 Å². The third-order valence-electron chi connectivity index (χ3n) is 6.53. The van der Waals surface area contributed by atoms with E-state index in [4.69, 9.17) is 10.5 Å². The summed E-state index contributed by atoms with van der Waals surface area (Å²) >= 11 is 0. The van der Waals surface area contributed by atoms with Gasteiger partial charge in [-0.25, -0.2) is 19.7 Å². The molecule has 1 aromatic carbocycles. The van der Waals surface area contributed by atoms with Gasteiger partial charge in [-0.3, -0.25) is 9.89 Å². The predicted molar refractivity (Wildman–Crippen MR) is 144 cm³/mol. The number of rotatable bonds is 5. The van der Waals surface area contributed by atoms with Crippen LogP contribution in [0.3, 0.4) is 0 Å². The molecule has 3 N–H and O–H groups in total. The van der Waals surface area contributed by atoms with Crippen LogP contribution >= 0.6 is 0 Å². The fourth-order valence-electron chi connectivity index (χ4n) is 4.64. The number of nitrogens with two attached hydrogens (primary N) is 1. The van der Waals surface area contributed by atoms with E-state index in [1.807, 2.05) is 75.5 Å². The summed E-state index contributed by atoms with van der Waals surface area (Å²) < 4.78 is 5.61. The molecule has 2 aliphatic heterocycles. The Morgan fingerprint density at radius 1 is 1.08 bits per heavy atom. The van der Waals surface area contributed by atoms with Crippen LogP contribution in [0.1, 0.15) is 64.4 Å². The summed E-state index contributed by atoms with van der Waals surface area (Å²) in [5.41, 5.74) is 11.2. The van der Waals surface area contributed by atoms with E-state index < -0.39 is 5.60 Å². The number of ether oxygens (including phenoxy) is 1. The number of amides is 1. The second-order valence-corrected chi connectivity index (χ2v) is 10.6. The van der Waals surface area contributed by atoms with Gasteiger partial charge >= 0.3 is 6.09 Å². The zero-order chi connectivity index (χ0) is 26.2. The third kappa shape index (κ3) is 5.46. The minimum atomic E-state index is -0.518. The van der Waals surface area contributed by atoms with Gasteiger partial charge in [-0.05, 0) is 51.7 Å². The Hall–Kier alpha value is -3.85. The lowest BCUT2D eigenvalue weighted by molar-refractivity contribution is 0.0265. The maximum Gasteiger partial charge on any atom is 0.410 e. The van der Waals surface area contributed by atoms with Crippen molar-refractivity contribution in [2.45, 2.75) is 64.6 Å². The van der Waals surface area contributed by atoms with Crippen LogP contribution < -0.4 is 5.73 Å². The molecule has 0 spiro atoms. The smallest absolute Gasteiger partial charge is 0.410 e. The molecule has 5 rings (SSSR count). The second kappa shape index (κ2) is 9.89. The molecule has 1 amide bonds. The molecule has 192 valence electrons. The maximum absolute atomic E-state index is 12.7. The van der Waals surface area contributed by atoms with Crippen molar-refractivity contribution in [1.29, 1.82) is 0 Å². The summed E-state index contributed by atoms with van der Waals surface area (Å²) in [6.07, 6.45) is 9.59. The van der Waals surface area contributed by atoms with E-state index in [0.29, 0.717) is 18.8 Å². The Morgan fingerprint density at radius 2 is 1.78 bits per heavy atom. The van der Waals surface area contributed by atoms with Gasteiger partial charge in [0.1, 0.15) is 11.4 Å². The topological polar surface area (TPSA) is 122 Å². The van der Waals surface area contributed by atoms with Crippen LogP contribution in [0.5, 0.6) is 0 Å². The highest BCUT2D eigenvalue weighted by Crippen LogP contribution is 2.31. The SMILES string of the molecule is C[C@H](N)c1ncc(-c2ccc(-c3ncc(C4=CN=C([C@@H]5CCCN5C(=O)OC(C)(C)C)C4)cn3)cc2)[nH]1. The summed E-state index contributed by atoms with van der Waals surface area (Å²) in [5, 5.41) is 0. The number of H-pyrrole nitrogens is 1. The van der Waals surface area contributed by atoms with Crippen molar-refractivity contribution < 1.29 is 9.53 Å². The molecule has 4 heterocycles. The van der Waals surface area contributed by atoms with Crippen molar-refractivity contribution in [3.63, 3.8) is 0 Å². The number of nitrogens with one attached hydrogen (secondary N) is 1. The van der Waals surface area contributed by atoms with Gasteiger partial charge in [0, 0.05) is 48.4 Å². The van der Waals surface area contributed by atoms with Gasteiger partial charge in [0.15, 0.2) is 5.82 Å². The Bertz CT molecular complexity index is 1330. The Kier molecular flexibility index (Phi) is 6.64. The van der Waals surface area contributed by atoms with Crippen molar-refractivity contribution in [1.82, 2.24) is 24.8 Å². The number of likely N-dealkylation sites (tertiary alicyclic amines) is 1. The molecule has 0 bridgehead atoms. The zero-order valence-electron chi connectivity index (χ0n) is 21.7. The molecule has 37 heavy (non-hydrogen) atoms. The molecule has 0 aliphatic carbocycles. The summed E-state index contributed by atoms with van der Waals surface area (Å²) in [5.74, 6) is 1.42. The highest BCUT2D eigenvalue weighted by atomic mass is 16.6. The van der Waals surface area contributed by atoms with E-state index in [2.05, 4.69) is 24.9 Å². The Morgan fingerprint density at radius 3 is 2.43 bits per heavy atom. The average molecular weight is 500 g/mol. The molecule has 1 fully saturated rings. The lowest BCUT2D eigenvalue weighted by atomic mass is 10.0. The highest BCUT2D eigenvalue weighted by molar-refractivity contribution is 6.02.